The first kappa shape index (κ1) is 14.3. The second kappa shape index (κ2) is 5.48. The number of rotatable bonds is 3. The summed E-state index contributed by atoms with van der Waals surface area (Å²) in [5.41, 5.74) is 0.418. The summed E-state index contributed by atoms with van der Waals surface area (Å²) in [6.07, 6.45) is 3.65. The zero-order valence-corrected chi connectivity index (χ0v) is 12.4. The van der Waals surface area contributed by atoms with Crippen LogP contribution in [0.4, 0.5) is 0 Å². The maximum absolute atomic E-state index is 9.99. The second-order valence-corrected chi connectivity index (χ2v) is 7.15. The fraction of sp³-hybridized carbons (Fsp3) is 1.00. The van der Waals surface area contributed by atoms with Gasteiger partial charge in [0.1, 0.15) is 0 Å². The van der Waals surface area contributed by atoms with Crippen LogP contribution in [0.15, 0.2) is 0 Å². The molecule has 0 spiro atoms. The van der Waals surface area contributed by atoms with Gasteiger partial charge < -0.3 is 15.3 Å². The number of hydrogen-bond acceptors (Lipinski definition) is 3. The fourth-order valence-corrected chi connectivity index (χ4v) is 3.95. The van der Waals surface area contributed by atoms with Gasteiger partial charge in [0.15, 0.2) is 0 Å². The van der Waals surface area contributed by atoms with Gasteiger partial charge in [-0.1, -0.05) is 20.8 Å². The van der Waals surface area contributed by atoms with Crippen LogP contribution in [0.3, 0.4) is 0 Å². The monoisotopic (exact) mass is 254 g/mol. The van der Waals surface area contributed by atoms with E-state index in [1.54, 1.807) is 0 Å². The van der Waals surface area contributed by atoms with Gasteiger partial charge >= 0.3 is 0 Å². The lowest BCUT2D eigenvalue weighted by atomic mass is 9.84. The molecule has 0 amide bonds. The maximum Gasteiger partial charge on any atom is 0.0693 e. The molecule has 1 aliphatic carbocycles. The van der Waals surface area contributed by atoms with E-state index < -0.39 is 0 Å². The molecular formula is C15H30N2O. The van der Waals surface area contributed by atoms with Crippen molar-refractivity contribution >= 4 is 0 Å². The molecule has 0 radical (unpaired) electrons. The molecule has 18 heavy (non-hydrogen) atoms. The Morgan fingerprint density at radius 3 is 2.67 bits per heavy atom. The van der Waals surface area contributed by atoms with Gasteiger partial charge in [0.25, 0.3) is 0 Å². The lowest BCUT2D eigenvalue weighted by molar-refractivity contribution is 0.0205. The van der Waals surface area contributed by atoms with Crippen molar-refractivity contribution in [1.29, 1.82) is 0 Å². The first-order valence-electron chi connectivity index (χ1n) is 7.51. The highest BCUT2D eigenvalue weighted by atomic mass is 16.3. The predicted octanol–water partition coefficient (Wildman–Crippen LogP) is 1.71. The molecule has 3 nitrogen and oxygen atoms in total. The highest BCUT2D eigenvalue weighted by Gasteiger charge is 2.41. The van der Waals surface area contributed by atoms with Crippen LogP contribution in [0, 0.1) is 17.3 Å². The molecule has 106 valence electrons. The van der Waals surface area contributed by atoms with E-state index in [0.29, 0.717) is 17.4 Å². The molecule has 2 rings (SSSR count). The number of aliphatic hydroxyl groups is 1. The fourth-order valence-electron chi connectivity index (χ4n) is 3.95. The average molecular weight is 254 g/mol. The largest absolute Gasteiger partial charge is 0.392 e. The normalized spacial score (nSPS) is 41.2. The summed E-state index contributed by atoms with van der Waals surface area (Å²) in [5, 5.41) is 13.5. The summed E-state index contributed by atoms with van der Waals surface area (Å²) in [5.74, 6) is 1.21. The van der Waals surface area contributed by atoms with Crippen molar-refractivity contribution in [2.75, 3.05) is 26.7 Å². The van der Waals surface area contributed by atoms with Gasteiger partial charge in [-0.15, -0.1) is 0 Å². The van der Waals surface area contributed by atoms with Gasteiger partial charge in [-0.3, -0.25) is 0 Å². The number of nitrogens with zero attached hydrogens (tertiary/aromatic N) is 1. The number of aliphatic hydroxyl groups excluding tert-OH is 1. The molecule has 0 aromatic heterocycles. The molecule has 1 saturated heterocycles. The van der Waals surface area contributed by atoms with Crippen molar-refractivity contribution in [3.63, 3.8) is 0 Å². The Bertz CT molecular complexity index is 280. The van der Waals surface area contributed by atoms with Crippen LogP contribution < -0.4 is 5.32 Å². The molecule has 2 N–H and O–H groups in total. The molecule has 2 fully saturated rings. The van der Waals surface area contributed by atoms with Crippen molar-refractivity contribution in [2.24, 2.45) is 17.3 Å². The van der Waals surface area contributed by atoms with Gasteiger partial charge in [0.2, 0.25) is 0 Å². The third-order valence-electron chi connectivity index (χ3n) is 5.28. The smallest absolute Gasteiger partial charge is 0.0693 e. The van der Waals surface area contributed by atoms with Gasteiger partial charge in [0.05, 0.1) is 6.10 Å². The van der Waals surface area contributed by atoms with E-state index in [0.717, 1.165) is 32.0 Å². The predicted molar refractivity (Wildman–Crippen MR) is 75.6 cm³/mol. The SMILES string of the molecule is CNC1C(CN2CCC(C)C(O)C2)CCC1(C)C. The summed E-state index contributed by atoms with van der Waals surface area (Å²) in [7, 11) is 2.10. The van der Waals surface area contributed by atoms with Crippen LogP contribution in [-0.4, -0.2) is 48.8 Å². The van der Waals surface area contributed by atoms with E-state index in [1.807, 2.05) is 0 Å². The topological polar surface area (TPSA) is 35.5 Å². The third kappa shape index (κ3) is 2.89. The quantitative estimate of drug-likeness (QED) is 0.805. The molecule has 4 atom stereocenters. The molecule has 1 heterocycles. The molecule has 0 aromatic rings. The van der Waals surface area contributed by atoms with Gasteiger partial charge in [-0.2, -0.15) is 0 Å². The Morgan fingerprint density at radius 1 is 1.33 bits per heavy atom. The zero-order valence-electron chi connectivity index (χ0n) is 12.4. The Morgan fingerprint density at radius 2 is 2.06 bits per heavy atom. The molecular weight excluding hydrogens is 224 g/mol. The first-order chi connectivity index (χ1) is 8.44. The van der Waals surface area contributed by atoms with Gasteiger partial charge in [-0.25, -0.2) is 0 Å². The minimum absolute atomic E-state index is 0.124. The van der Waals surface area contributed by atoms with Crippen LogP contribution in [-0.2, 0) is 0 Å². The summed E-state index contributed by atoms with van der Waals surface area (Å²) in [6, 6.07) is 0.619. The van der Waals surface area contributed by atoms with E-state index in [9.17, 15) is 5.11 Å². The molecule has 3 heteroatoms. The molecule has 0 bridgehead atoms. The van der Waals surface area contributed by atoms with Crippen LogP contribution in [0.1, 0.15) is 40.0 Å². The van der Waals surface area contributed by atoms with Crippen molar-refractivity contribution < 1.29 is 5.11 Å². The lowest BCUT2D eigenvalue weighted by Gasteiger charge is -2.38. The first-order valence-corrected chi connectivity index (χ1v) is 7.51. The number of nitrogens with one attached hydrogen (secondary N) is 1. The third-order valence-corrected chi connectivity index (χ3v) is 5.28. The van der Waals surface area contributed by atoms with Crippen molar-refractivity contribution in [3.8, 4) is 0 Å². The van der Waals surface area contributed by atoms with Crippen LogP contribution in [0.25, 0.3) is 0 Å². The molecule has 0 aromatic carbocycles. The van der Waals surface area contributed by atoms with Crippen LogP contribution >= 0.6 is 0 Å². The number of likely N-dealkylation sites (tertiary alicyclic amines) is 1. The van der Waals surface area contributed by atoms with E-state index in [4.69, 9.17) is 0 Å². The summed E-state index contributed by atoms with van der Waals surface area (Å²) >= 11 is 0. The van der Waals surface area contributed by atoms with E-state index in [-0.39, 0.29) is 6.10 Å². The average Bonchev–Trinajstić information content (AvgIpc) is 2.59. The second-order valence-electron chi connectivity index (χ2n) is 7.15. The highest BCUT2D eigenvalue weighted by Crippen LogP contribution is 2.41. The Labute approximate surface area is 112 Å². The van der Waals surface area contributed by atoms with E-state index in [2.05, 4.69) is 38.0 Å². The van der Waals surface area contributed by atoms with Crippen molar-refractivity contribution in [2.45, 2.75) is 52.2 Å². The van der Waals surface area contributed by atoms with Crippen molar-refractivity contribution in [3.05, 3.63) is 0 Å². The Balaban J connectivity index is 1.90. The number of hydrogen-bond donors (Lipinski definition) is 2. The van der Waals surface area contributed by atoms with Crippen LogP contribution in [0.5, 0.6) is 0 Å². The van der Waals surface area contributed by atoms with Crippen LogP contribution in [0.2, 0.25) is 0 Å². The lowest BCUT2D eigenvalue weighted by Crippen LogP contribution is -2.48. The summed E-state index contributed by atoms with van der Waals surface area (Å²) in [4.78, 5) is 2.47. The Hall–Kier alpha value is -0.120. The zero-order chi connectivity index (χ0) is 13.3. The standard InChI is InChI=1S/C15H30N2O/c1-11-6-8-17(10-13(11)18)9-12-5-7-15(2,3)14(12)16-4/h11-14,16,18H,5-10H2,1-4H3. The minimum atomic E-state index is -0.124. The molecule has 1 saturated carbocycles. The summed E-state index contributed by atoms with van der Waals surface area (Å²) in [6.45, 7) is 10.1. The minimum Gasteiger partial charge on any atom is -0.392 e. The van der Waals surface area contributed by atoms with Crippen molar-refractivity contribution in [1.82, 2.24) is 10.2 Å². The number of piperidine rings is 1. The highest BCUT2D eigenvalue weighted by molar-refractivity contribution is 4.97. The van der Waals surface area contributed by atoms with Gasteiger partial charge in [0, 0.05) is 19.1 Å². The van der Waals surface area contributed by atoms with Gasteiger partial charge in [-0.05, 0) is 50.1 Å². The van der Waals surface area contributed by atoms with E-state index in [1.165, 1.54) is 12.8 Å². The Kier molecular flexibility index (Phi) is 4.35. The molecule has 1 aliphatic heterocycles. The van der Waals surface area contributed by atoms with E-state index >= 15 is 0 Å². The molecule has 2 aliphatic rings. The molecule has 4 unspecified atom stereocenters. The summed E-state index contributed by atoms with van der Waals surface area (Å²) < 4.78 is 0. The number of β-amino-alcohol motifs (C(OH)–C–C–N with tert-alkyl or cyclic N) is 1. The maximum atomic E-state index is 9.99.